The van der Waals surface area contributed by atoms with Gasteiger partial charge in [0, 0.05) is 17.4 Å². The molecular weight excluding hydrogens is 184 g/mol. The van der Waals surface area contributed by atoms with Gasteiger partial charge < -0.3 is 11.1 Å². The van der Waals surface area contributed by atoms with Crippen molar-refractivity contribution in [3.05, 3.63) is 23.8 Å². The Hall–Kier alpha value is -1.18. The number of rotatable bonds is 2. The monoisotopic (exact) mass is 204 g/mol. The molecule has 0 atom stereocenters. The maximum Gasteiger partial charge on any atom is 0.0392 e. The van der Waals surface area contributed by atoms with Gasteiger partial charge in [-0.2, -0.15) is 0 Å². The average Bonchev–Trinajstić information content (AvgIpc) is 2.26. The second-order valence-corrected chi connectivity index (χ2v) is 4.50. The number of nitrogen functional groups attached to an aromatic ring is 1. The van der Waals surface area contributed by atoms with Gasteiger partial charge in [-0.15, -0.1) is 0 Å². The van der Waals surface area contributed by atoms with Gasteiger partial charge in [-0.05, 0) is 37.5 Å². The molecule has 0 aromatic heterocycles. The van der Waals surface area contributed by atoms with Crippen LogP contribution in [-0.4, -0.2) is 6.04 Å². The highest BCUT2D eigenvalue weighted by molar-refractivity contribution is 5.63. The first kappa shape index (κ1) is 10.3. The van der Waals surface area contributed by atoms with E-state index >= 15 is 0 Å². The van der Waals surface area contributed by atoms with Crippen LogP contribution in [0.3, 0.4) is 0 Å². The van der Waals surface area contributed by atoms with Gasteiger partial charge in [0.2, 0.25) is 0 Å². The maximum absolute atomic E-state index is 5.89. The highest BCUT2D eigenvalue weighted by Gasteiger charge is 2.13. The quantitative estimate of drug-likeness (QED) is 0.725. The van der Waals surface area contributed by atoms with Crippen LogP contribution >= 0.6 is 0 Å². The number of benzene rings is 1. The molecule has 1 aliphatic carbocycles. The van der Waals surface area contributed by atoms with Crippen LogP contribution in [-0.2, 0) is 0 Å². The van der Waals surface area contributed by atoms with Gasteiger partial charge >= 0.3 is 0 Å². The topological polar surface area (TPSA) is 38.0 Å². The summed E-state index contributed by atoms with van der Waals surface area (Å²) in [7, 11) is 0. The Morgan fingerprint density at radius 2 is 1.93 bits per heavy atom. The van der Waals surface area contributed by atoms with Crippen LogP contribution in [0.4, 0.5) is 11.4 Å². The molecule has 1 fully saturated rings. The van der Waals surface area contributed by atoms with Crippen molar-refractivity contribution in [3.8, 4) is 0 Å². The van der Waals surface area contributed by atoms with Crippen LogP contribution in [0.2, 0.25) is 0 Å². The third kappa shape index (κ3) is 2.44. The lowest BCUT2D eigenvalue weighted by Gasteiger charge is -2.25. The zero-order chi connectivity index (χ0) is 10.7. The van der Waals surface area contributed by atoms with Crippen molar-refractivity contribution in [2.45, 2.75) is 45.1 Å². The molecule has 0 heterocycles. The number of anilines is 2. The summed E-state index contributed by atoms with van der Waals surface area (Å²) >= 11 is 0. The molecule has 2 heteroatoms. The average molecular weight is 204 g/mol. The van der Waals surface area contributed by atoms with Gasteiger partial charge in [-0.3, -0.25) is 0 Å². The van der Waals surface area contributed by atoms with E-state index in [2.05, 4.69) is 18.3 Å². The van der Waals surface area contributed by atoms with Gasteiger partial charge in [0.1, 0.15) is 0 Å². The summed E-state index contributed by atoms with van der Waals surface area (Å²) < 4.78 is 0. The minimum Gasteiger partial charge on any atom is -0.398 e. The van der Waals surface area contributed by atoms with E-state index in [4.69, 9.17) is 5.73 Å². The summed E-state index contributed by atoms with van der Waals surface area (Å²) in [5, 5.41) is 3.61. The molecule has 2 nitrogen and oxygen atoms in total. The van der Waals surface area contributed by atoms with Gasteiger partial charge in [0.25, 0.3) is 0 Å². The van der Waals surface area contributed by atoms with Gasteiger partial charge in [-0.1, -0.05) is 25.3 Å². The van der Waals surface area contributed by atoms with Crippen LogP contribution in [0.1, 0.15) is 37.7 Å². The molecule has 0 spiro atoms. The van der Waals surface area contributed by atoms with E-state index in [9.17, 15) is 0 Å². The Morgan fingerprint density at radius 3 is 2.67 bits per heavy atom. The van der Waals surface area contributed by atoms with Crippen LogP contribution in [0.25, 0.3) is 0 Å². The first-order chi connectivity index (χ1) is 7.27. The summed E-state index contributed by atoms with van der Waals surface area (Å²) in [6.45, 7) is 2.08. The third-order valence-corrected chi connectivity index (χ3v) is 3.34. The summed E-state index contributed by atoms with van der Waals surface area (Å²) in [6.07, 6.45) is 6.72. The Kier molecular flexibility index (Phi) is 3.14. The zero-order valence-electron chi connectivity index (χ0n) is 9.42. The Labute approximate surface area is 91.9 Å². The summed E-state index contributed by atoms with van der Waals surface area (Å²) in [6, 6.07) is 6.76. The molecule has 0 aliphatic heterocycles. The standard InChI is InChI=1S/C13H20N2/c1-10-12(14)8-5-9-13(10)15-11-6-3-2-4-7-11/h5,8-9,11,15H,2-4,6-7,14H2,1H3. The van der Waals surface area contributed by atoms with Crippen LogP contribution < -0.4 is 11.1 Å². The molecule has 1 aliphatic rings. The molecule has 0 unspecified atom stereocenters. The van der Waals surface area contributed by atoms with Crippen molar-refractivity contribution in [2.24, 2.45) is 0 Å². The van der Waals surface area contributed by atoms with Gasteiger partial charge in [0.15, 0.2) is 0 Å². The van der Waals surface area contributed by atoms with Crippen LogP contribution in [0.5, 0.6) is 0 Å². The molecule has 0 amide bonds. The second kappa shape index (κ2) is 4.56. The Morgan fingerprint density at radius 1 is 1.20 bits per heavy atom. The molecule has 3 N–H and O–H groups in total. The molecule has 1 aromatic rings. The fourth-order valence-electron chi connectivity index (χ4n) is 2.28. The molecule has 15 heavy (non-hydrogen) atoms. The van der Waals surface area contributed by atoms with E-state index in [1.165, 1.54) is 43.4 Å². The van der Waals surface area contributed by atoms with Crippen molar-refractivity contribution < 1.29 is 0 Å². The van der Waals surface area contributed by atoms with Crippen LogP contribution in [0, 0.1) is 6.92 Å². The van der Waals surface area contributed by atoms with Gasteiger partial charge in [-0.25, -0.2) is 0 Å². The first-order valence-corrected chi connectivity index (χ1v) is 5.89. The van der Waals surface area contributed by atoms with E-state index in [-0.39, 0.29) is 0 Å². The highest BCUT2D eigenvalue weighted by Crippen LogP contribution is 2.25. The van der Waals surface area contributed by atoms with Crippen LogP contribution in [0.15, 0.2) is 18.2 Å². The SMILES string of the molecule is Cc1c(N)cccc1NC1CCCCC1. The second-order valence-electron chi connectivity index (χ2n) is 4.50. The number of hydrogen-bond donors (Lipinski definition) is 2. The van der Waals surface area contributed by atoms with Crippen molar-refractivity contribution in [3.63, 3.8) is 0 Å². The van der Waals surface area contributed by atoms with Crippen molar-refractivity contribution >= 4 is 11.4 Å². The van der Waals surface area contributed by atoms with Crippen molar-refractivity contribution in [2.75, 3.05) is 11.1 Å². The third-order valence-electron chi connectivity index (χ3n) is 3.34. The molecule has 1 saturated carbocycles. The van der Waals surface area contributed by atoms with Crippen molar-refractivity contribution in [1.29, 1.82) is 0 Å². The lowest BCUT2D eigenvalue weighted by Crippen LogP contribution is -2.22. The van der Waals surface area contributed by atoms with Crippen molar-refractivity contribution in [1.82, 2.24) is 0 Å². The molecule has 0 radical (unpaired) electrons. The van der Waals surface area contributed by atoms with E-state index in [0.717, 1.165) is 5.69 Å². The van der Waals surface area contributed by atoms with E-state index in [1.807, 2.05) is 12.1 Å². The number of hydrogen-bond acceptors (Lipinski definition) is 2. The predicted octanol–water partition coefficient (Wildman–Crippen LogP) is 3.32. The fourth-order valence-corrected chi connectivity index (χ4v) is 2.28. The molecule has 0 bridgehead atoms. The van der Waals surface area contributed by atoms with E-state index in [1.54, 1.807) is 0 Å². The Bertz CT molecular complexity index is 327. The zero-order valence-corrected chi connectivity index (χ0v) is 9.42. The predicted molar refractivity (Wildman–Crippen MR) is 66.1 cm³/mol. The summed E-state index contributed by atoms with van der Waals surface area (Å²) in [5.41, 5.74) is 9.16. The van der Waals surface area contributed by atoms with E-state index < -0.39 is 0 Å². The largest absolute Gasteiger partial charge is 0.398 e. The smallest absolute Gasteiger partial charge is 0.0392 e. The maximum atomic E-state index is 5.89. The molecular formula is C13H20N2. The molecule has 0 saturated heterocycles. The Balaban J connectivity index is 2.06. The minimum atomic E-state index is 0.652. The van der Waals surface area contributed by atoms with E-state index in [0.29, 0.717) is 6.04 Å². The lowest BCUT2D eigenvalue weighted by molar-refractivity contribution is 0.462. The molecule has 1 aromatic carbocycles. The minimum absolute atomic E-state index is 0.652. The number of nitrogens with one attached hydrogen (secondary N) is 1. The normalized spacial score (nSPS) is 17.7. The summed E-state index contributed by atoms with van der Waals surface area (Å²) in [5.74, 6) is 0. The summed E-state index contributed by atoms with van der Waals surface area (Å²) in [4.78, 5) is 0. The first-order valence-electron chi connectivity index (χ1n) is 5.89. The fraction of sp³-hybridized carbons (Fsp3) is 0.538. The molecule has 82 valence electrons. The highest BCUT2D eigenvalue weighted by atomic mass is 14.9. The number of nitrogens with two attached hydrogens (primary N) is 1. The van der Waals surface area contributed by atoms with Gasteiger partial charge in [0.05, 0.1) is 0 Å². The lowest BCUT2D eigenvalue weighted by atomic mass is 9.95. The molecule has 2 rings (SSSR count).